The van der Waals surface area contributed by atoms with Gasteiger partial charge in [-0.3, -0.25) is 4.79 Å². The van der Waals surface area contributed by atoms with Crippen LogP contribution in [0.15, 0.2) is 17.5 Å². The van der Waals surface area contributed by atoms with Gasteiger partial charge in [-0.05, 0) is 22.9 Å². The lowest BCUT2D eigenvalue weighted by Crippen LogP contribution is -1.90. The Morgan fingerprint density at radius 2 is 2.31 bits per heavy atom. The predicted octanol–water partition coefficient (Wildman–Crippen LogP) is 2.00. The fourth-order valence-electron chi connectivity index (χ4n) is 1.24. The van der Waals surface area contributed by atoms with E-state index in [9.17, 15) is 9.90 Å². The highest BCUT2D eigenvalue weighted by molar-refractivity contribution is 7.17. The highest BCUT2D eigenvalue weighted by atomic mass is 32.1. The molecule has 3 N–H and O–H groups in total. The molecule has 4 heteroatoms. The fraction of sp³-hybridized carbons (Fsp3) is 0. The molecule has 1 aromatic carbocycles. The first-order valence-corrected chi connectivity index (χ1v) is 4.56. The highest BCUT2D eigenvalue weighted by Crippen LogP contribution is 2.35. The third kappa shape index (κ3) is 1.07. The first kappa shape index (κ1) is 8.07. The second kappa shape index (κ2) is 2.74. The van der Waals surface area contributed by atoms with E-state index >= 15 is 0 Å². The zero-order chi connectivity index (χ0) is 9.42. The summed E-state index contributed by atoms with van der Waals surface area (Å²) < 4.78 is 0.822. The molecule has 0 atom stereocenters. The van der Waals surface area contributed by atoms with E-state index in [-0.39, 0.29) is 17.0 Å². The Kier molecular flexibility index (Phi) is 1.70. The molecule has 0 amide bonds. The van der Waals surface area contributed by atoms with Crippen molar-refractivity contribution in [3.05, 3.63) is 23.1 Å². The minimum absolute atomic E-state index is 0.120. The van der Waals surface area contributed by atoms with E-state index in [1.807, 2.05) is 11.4 Å². The minimum Gasteiger partial charge on any atom is -0.505 e. The largest absolute Gasteiger partial charge is 0.505 e. The van der Waals surface area contributed by atoms with Crippen LogP contribution in [-0.2, 0) is 0 Å². The molecule has 0 unspecified atom stereocenters. The number of rotatable bonds is 1. The van der Waals surface area contributed by atoms with Crippen molar-refractivity contribution in [2.24, 2.45) is 0 Å². The second-order valence-electron chi connectivity index (χ2n) is 2.68. The van der Waals surface area contributed by atoms with Gasteiger partial charge in [0.1, 0.15) is 5.75 Å². The lowest BCUT2D eigenvalue weighted by molar-refractivity contribution is 0.112. The number of phenolic OH excluding ortho intramolecular Hbond substituents is 1. The van der Waals surface area contributed by atoms with Crippen LogP contribution in [0.5, 0.6) is 5.75 Å². The number of aromatic hydroxyl groups is 1. The second-order valence-corrected chi connectivity index (χ2v) is 3.60. The van der Waals surface area contributed by atoms with E-state index in [4.69, 9.17) is 5.73 Å². The summed E-state index contributed by atoms with van der Waals surface area (Å²) in [5.41, 5.74) is 6.17. The lowest BCUT2D eigenvalue weighted by Gasteiger charge is -2.02. The van der Waals surface area contributed by atoms with Crippen LogP contribution in [0.2, 0.25) is 0 Å². The van der Waals surface area contributed by atoms with Gasteiger partial charge in [0.2, 0.25) is 0 Å². The normalized spacial score (nSPS) is 10.5. The van der Waals surface area contributed by atoms with Crippen LogP contribution in [-0.4, -0.2) is 11.4 Å². The van der Waals surface area contributed by atoms with Gasteiger partial charge in [0.05, 0.1) is 16.0 Å². The average molecular weight is 193 g/mol. The van der Waals surface area contributed by atoms with Crippen LogP contribution in [0.4, 0.5) is 5.69 Å². The number of phenols is 1. The van der Waals surface area contributed by atoms with E-state index in [2.05, 4.69) is 0 Å². The molecule has 0 aliphatic carbocycles. The molecule has 0 aliphatic heterocycles. The summed E-state index contributed by atoms with van der Waals surface area (Å²) in [6.07, 6.45) is 0.600. The van der Waals surface area contributed by atoms with E-state index in [1.54, 1.807) is 6.07 Å². The number of thiophene rings is 1. The third-order valence-electron chi connectivity index (χ3n) is 1.91. The van der Waals surface area contributed by atoms with Crippen LogP contribution in [0.1, 0.15) is 10.4 Å². The van der Waals surface area contributed by atoms with Gasteiger partial charge in [0.25, 0.3) is 0 Å². The Labute approximate surface area is 78.4 Å². The monoisotopic (exact) mass is 193 g/mol. The highest BCUT2D eigenvalue weighted by Gasteiger charge is 2.09. The SMILES string of the molecule is Nc1c(O)c(C=O)cc2ccsc12. The Hall–Kier alpha value is -1.55. The maximum Gasteiger partial charge on any atom is 0.153 e. The summed E-state index contributed by atoms with van der Waals surface area (Å²) >= 11 is 1.45. The van der Waals surface area contributed by atoms with Gasteiger partial charge in [-0.15, -0.1) is 11.3 Å². The van der Waals surface area contributed by atoms with E-state index in [0.29, 0.717) is 6.29 Å². The fourth-order valence-corrected chi connectivity index (χ4v) is 2.08. The number of aldehydes is 1. The minimum atomic E-state index is -0.120. The molecule has 0 bridgehead atoms. The van der Waals surface area contributed by atoms with Crippen molar-refractivity contribution in [2.45, 2.75) is 0 Å². The summed E-state index contributed by atoms with van der Waals surface area (Å²) in [6, 6.07) is 3.49. The van der Waals surface area contributed by atoms with Crippen molar-refractivity contribution >= 4 is 33.4 Å². The average Bonchev–Trinajstić information content (AvgIpc) is 2.59. The summed E-state index contributed by atoms with van der Waals surface area (Å²) in [5, 5.41) is 12.2. The molecule has 0 radical (unpaired) electrons. The first-order valence-electron chi connectivity index (χ1n) is 3.68. The Bertz CT molecular complexity index is 476. The number of nitrogens with two attached hydrogens (primary N) is 1. The molecule has 3 nitrogen and oxygen atoms in total. The quantitative estimate of drug-likeness (QED) is 0.413. The maximum atomic E-state index is 10.5. The zero-order valence-electron chi connectivity index (χ0n) is 6.65. The first-order chi connectivity index (χ1) is 6.24. The molecular weight excluding hydrogens is 186 g/mol. The van der Waals surface area contributed by atoms with Crippen LogP contribution in [0, 0.1) is 0 Å². The summed E-state index contributed by atoms with van der Waals surface area (Å²) in [6.45, 7) is 0. The standard InChI is InChI=1S/C9H7NO2S/c10-7-8(12)6(4-11)3-5-1-2-13-9(5)7/h1-4,12H,10H2. The molecule has 0 saturated carbocycles. The summed E-state index contributed by atoms with van der Waals surface area (Å²) in [4.78, 5) is 10.5. The number of anilines is 1. The molecule has 1 aromatic heterocycles. The van der Waals surface area contributed by atoms with Gasteiger partial charge >= 0.3 is 0 Å². The summed E-state index contributed by atoms with van der Waals surface area (Å²) in [7, 11) is 0. The number of benzene rings is 1. The molecule has 2 rings (SSSR count). The molecule has 2 aromatic rings. The Balaban J connectivity index is 2.91. The molecule has 0 fully saturated rings. The van der Waals surface area contributed by atoms with Crippen molar-refractivity contribution in [3.8, 4) is 5.75 Å². The number of carbonyl (C=O) groups is 1. The van der Waals surface area contributed by atoms with Gasteiger partial charge in [-0.1, -0.05) is 0 Å². The van der Waals surface area contributed by atoms with E-state index in [0.717, 1.165) is 10.1 Å². The third-order valence-corrected chi connectivity index (χ3v) is 2.87. The van der Waals surface area contributed by atoms with Gasteiger partial charge in [-0.25, -0.2) is 0 Å². The number of carbonyl (C=O) groups excluding carboxylic acids is 1. The number of fused-ring (bicyclic) bond motifs is 1. The topological polar surface area (TPSA) is 63.3 Å². The van der Waals surface area contributed by atoms with Gasteiger partial charge in [-0.2, -0.15) is 0 Å². The Morgan fingerprint density at radius 1 is 1.54 bits per heavy atom. The van der Waals surface area contributed by atoms with Crippen LogP contribution in [0.3, 0.4) is 0 Å². The zero-order valence-corrected chi connectivity index (χ0v) is 7.47. The van der Waals surface area contributed by atoms with Crippen LogP contribution in [0.25, 0.3) is 10.1 Å². The van der Waals surface area contributed by atoms with Gasteiger partial charge in [0.15, 0.2) is 6.29 Å². The molecule has 0 aliphatic rings. The maximum absolute atomic E-state index is 10.5. The molecule has 13 heavy (non-hydrogen) atoms. The molecule has 1 heterocycles. The molecule has 0 saturated heterocycles. The smallest absolute Gasteiger partial charge is 0.153 e. The number of hydrogen-bond donors (Lipinski definition) is 2. The van der Waals surface area contributed by atoms with E-state index in [1.165, 1.54) is 11.3 Å². The number of hydrogen-bond acceptors (Lipinski definition) is 4. The van der Waals surface area contributed by atoms with Crippen molar-refractivity contribution in [1.29, 1.82) is 0 Å². The molecule has 66 valence electrons. The van der Waals surface area contributed by atoms with Crippen molar-refractivity contribution in [3.63, 3.8) is 0 Å². The lowest BCUT2D eigenvalue weighted by atomic mass is 10.1. The molecular formula is C9H7NO2S. The summed E-state index contributed by atoms with van der Waals surface area (Å²) in [5.74, 6) is -0.120. The van der Waals surface area contributed by atoms with Crippen molar-refractivity contribution in [2.75, 3.05) is 5.73 Å². The van der Waals surface area contributed by atoms with Crippen molar-refractivity contribution < 1.29 is 9.90 Å². The van der Waals surface area contributed by atoms with Crippen LogP contribution < -0.4 is 5.73 Å². The van der Waals surface area contributed by atoms with Gasteiger partial charge in [0, 0.05) is 0 Å². The van der Waals surface area contributed by atoms with Crippen molar-refractivity contribution in [1.82, 2.24) is 0 Å². The Morgan fingerprint density at radius 3 is 3.00 bits per heavy atom. The van der Waals surface area contributed by atoms with E-state index < -0.39 is 0 Å². The number of nitrogen functional groups attached to an aromatic ring is 1. The van der Waals surface area contributed by atoms with Crippen LogP contribution >= 0.6 is 11.3 Å². The van der Waals surface area contributed by atoms with Gasteiger partial charge < -0.3 is 10.8 Å². The predicted molar refractivity (Wildman–Crippen MR) is 53.3 cm³/mol. The molecule has 0 spiro atoms.